The second kappa shape index (κ2) is 5.01. The summed E-state index contributed by atoms with van der Waals surface area (Å²) in [5, 5.41) is 0.547. The number of anilines is 1. The molecule has 2 aromatic heterocycles. The molecule has 0 bridgehead atoms. The first-order valence-corrected chi connectivity index (χ1v) is 6.95. The van der Waals surface area contributed by atoms with Crippen LogP contribution in [-0.4, -0.2) is 15.0 Å². The number of para-hydroxylation sites is 1. The van der Waals surface area contributed by atoms with Crippen molar-refractivity contribution in [2.24, 2.45) is 0 Å². The zero-order chi connectivity index (χ0) is 14.1. The van der Waals surface area contributed by atoms with Crippen LogP contribution < -0.4 is 11.3 Å². The fourth-order valence-corrected chi connectivity index (χ4v) is 2.59. The molecule has 7 heteroatoms. The molecular weight excluding hydrogens is 276 g/mol. The van der Waals surface area contributed by atoms with Gasteiger partial charge < -0.3 is 15.1 Å². The molecule has 0 aliphatic carbocycles. The van der Waals surface area contributed by atoms with E-state index in [1.807, 2.05) is 12.1 Å². The number of hydrogen-bond acceptors (Lipinski definition) is 6. The second-order valence-electron chi connectivity index (χ2n) is 4.28. The van der Waals surface area contributed by atoms with E-state index in [-0.39, 0.29) is 5.56 Å². The number of aromatic amines is 1. The Balaban J connectivity index is 1.83. The number of thioether (sulfide) groups is 1. The van der Waals surface area contributed by atoms with E-state index in [2.05, 4.69) is 15.0 Å². The molecule has 0 fully saturated rings. The van der Waals surface area contributed by atoms with Crippen LogP contribution in [0.5, 0.6) is 0 Å². The van der Waals surface area contributed by atoms with E-state index in [4.69, 9.17) is 10.2 Å². The number of nitrogen functional groups attached to an aromatic ring is 1. The van der Waals surface area contributed by atoms with Gasteiger partial charge in [-0.2, -0.15) is 0 Å². The van der Waals surface area contributed by atoms with Gasteiger partial charge in [-0.1, -0.05) is 17.8 Å². The average molecular weight is 288 g/mol. The first-order valence-electron chi connectivity index (χ1n) is 5.96. The van der Waals surface area contributed by atoms with Crippen LogP contribution in [0.15, 0.2) is 38.6 Å². The summed E-state index contributed by atoms with van der Waals surface area (Å²) in [6, 6.07) is 6.87. The van der Waals surface area contributed by atoms with Crippen LogP contribution in [0.1, 0.15) is 11.6 Å². The Hall–Kier alpha value is -2.28. The highest BCUT2D eigenvalue weighted by Crippen LogP contribution is 2.24. The fourth-order valence-electron chi connectivity index (χ4n) is 1.83. The molecule has 6 nitrogen and oxygen atoms in total. The van der Waals surface area contributed by atoms with E-state index in [1.54, 1.807) is 13.0 Å². The van der Waals surface area contributed by atoms with Crippen molar-refractivity contribution in [3.63, 3.8) is 0 Å². The lowest BCUT2D eigenvalue weighted by Crippen LogP contribution is -2.08. The molecule has 0 amide bonds. The zero-order valence-electron chi connectivity index (χ0n) is 10.7. The summed E-state index contributed by atoms with van der Waals surface area (Å²) >= 11 is 1.36. The molecule has 0 aliphatic rings. The van der Waals surface area contributed by atoms with Crippen LogP contribution in [0.2, 0.25) is 0 Å². The largest absolute Gasteiger partial charge is 0.440 e. The van der Waals surface area contributed by atoms with Crippen LogP contribution in [0.4, 0.5) is 5.69 Å². The number of aryl methyl sites for hydroxylation is 1. The van der Waals surface area contributed by atoms with Crippen LogP contribution in [0.25, 0.3) is 11.1 Å². The van der Waals surface area contributed by atoms with E-state index < -0.39 is 0 Å². The van der Waals surface area contributed by atoms with Gasteiger partial charge in [0.1, 0.15) is 5.52 Å². The standard InChI is InChI=1S/C13H12N4O2S/c1-7-5-10(18)16-13(15-7)20-6-11-17-12-8(14)3-2-4-9(12)19-11/h2-5H,6,14H2,1H3,(H,15,16,18). The first-order chi connectivity index (χ1) is 9.61. The minimum Gasteiger partial charge on any atom is -0.440 e. The van der Waals surface area contributed by atoms with Gasteiger partial charge in [-0.3, -0.25) is 4.79 Å². The summed E-state index contributed by atoms with van der Waals surface area (Å²) in [5.74, 6) is 1.02. The third-order valence-corrected chi connectivity index (χ3v) is 3.53. The molecule has 3 aromatic rings. The normalized spacial score (nSPS) is 11.1. The van der Waals surface area contributed by atoms with Gasteiger partial charge in [0.15, 0.2) is 10.7 Å². The van der Waals surface area contributed by atoms with Crippen molar-refractivity contribution in [3.05, 3.63) is 46.2 Å². The zero-order valence-corrected chi connectivity index (χ0v) is 11.5. The number of fused-ring (bicyclic) bond motifs is 1. The lowest BCUT2D eigenvalue weighted by Gasteiger charge is -1.98. The van der Waals surface area contributed by atoms with E-state index >= 15 is 0 Å². The predicted molar refractivity (Wildman–Crippen MR) is 77.6 cm³/mol. The Morgan fingerprint density at radius 1 is 1.40 bits per heavy atom. The highest BCUT2D eigenvalue weighted by atomic mass is 32.2. The van der Waals surface area contributed by atoms with Gasteiger partial charge in [0.25, 0.3) is 5.56 Å². The predicted octanol–water partition coefficient (Wildman–Crippen LogP) is 2.09. The second-order valence-corrected chi connectivity index (χ2v) is 5.25. The van der Waals surface area contributed by atoms with Crippen molar-refractivity contribution in [1.82, 2.24) is 15.0 Å². The maximum atomic E-state index is 11.3. The summed E-state index contributed by atoms with van der Waals surface area (Å²) in [7, 11) is 0. The van der Waals surface area contributed by atoms with Gasteiger partial charge in [-0.15, -0.1) is 0 Å². The van der Waals surface area contributed by atoms with Crippen molar-refractivity contribution in [2.45, 2.75) is 17.8 Å². The van der Waals surface area contributed by atoms with Gasteiger partial charge in [-0.25, -0.2) is 9.97 Å². The van der Waals surface area contributed by atoms with Crippen LogP contribution >= 0.6 is 11.8 Å². The van der Waals surface area contributed by atoms with Crippen molar-refractivity contribution in [1.29, 1.82) is 0 Å². The fraction of sp³-hybridized carbons (Fsp3) is 0.154. The maximum absolute atomic E-state index is 11.3. The molecule has 0 spiro atoms. The molecule has 0 saturated heterocycles. The molecule has 0 radical (unpaired) electrons. The number of nitrogens with two attached hydrogens (primary N) is 1. The number of rotatable bonds is 3. The molecule has 2 heterocycles. The minimum absolute atomic E-state index is 0.165. The summed E-state index contributed by atoms with van der Waals surface area (Å²) in [4.78, 5) is 22.6. The number of hydrogen-bond donors (Lipinski definition) is 2. The third-order valence-electron chi connectivity index (χ3n) is 2.67. The summed E-state index contributed by atoms with van der Waals surface area (Å²) in [6.45, 7) is 1.78. The molecular formula is C13H12N4O2S. The van der Waals surface area contributed by atoms with Gasteiger partial charge in [-0.05, 0) is 19.1 Å². The van der Waals surface area contributed by atoms with E-state index in [9.17, 15) is 4.79 Å². The lowest BCUT2D eigenvalue weighted by atomic mass is 10.3. The quantitative estimate of drug-likeness (QED) is 0.435. The van der Waals surface area contributed by atoms with Crippen molar-refractivity contribution >= 4 is 28.5 Å². The van der Waals surface area contributed by atoms with Gasteiger partial charge in [0, 0.05) is 11.8 Å². The van der Waals surface area contributed by atoms with E-state index in [0.717, 1.165) is 0 Å². The van der Waals surface area contributed by atoms with Crippen LogP contribution in [0.3, 0.4) is 0 Å². The summed E-state index contributed by atoms with van der Waals surface area (Å²) in [5.41, 5.74) is 8.25. The molecule has 0 unspecified atom stereocenters. The van der Waals surface area contributed by atoms with Crippen molar-refractivity contribution in [3.8, 4) is 0 Å². The Morgan fingerprint density at radius 2 is 2.25 bits per heavy atom. The molecule has 102 valence electrons. The highest BCUT2D eigenvalue weighted by molar-refractivity contribution is 7.98. The van der Waals surface area contributed by atoms with Crippen molar-refractivity contribution < 1.29 is 4.42 Å². The Labute approximate surface area is 118 Å². The summed E-state index contributed by atoms with van der Waals surface area (Å²) < 4.78 is 5.60. The monoisotopic (exact) mass is 288 g/mol. The average Bonchev–Trinajstić information content (AvgIpc) is 2.80. The molecule has 1 aromatic carbocycles. The molecule has 0 atom stereocenters. The Kier molecular flexibility index (Phi) is 3.19. The molecule has 3 N–H and O–H groups in total. The number of H-pyrrole nitrogens is 1. The number of oxazole rings is 1. The van der Waals surface area contributed by atoms with Crippen LogP contribution in [-0.2, 0) is 5.75 Å². The van der Waals surface area contributed by atoms with Crippen LogP contribution in [0, 0.1) is 6.92 Å². The number of nitrogens with one attached hydrogen (secondary N) is 1. The number of aromatic nitrogens is 3. The topological polar surface area (TPSA) is 97.8 Å². The molecule has 20 heavy (non-hydrogen) atoms. The Morgan fingerprint density at radius 3 is 3.00 bits per heavy atom. The number of benzene rings is 1. The highest BCUT2D eigenvalue weighted by Gasteiger charge is 2.09. The van der Waals surface area contributed by atoms with E-state index in [1.165, 1.54) is 17.8 Å². The molecule has 0 aliphatic heterocycles. The lowest BCUT2D eigenvalue weighted by molar-refractivity contribution is 0.556. The molecule has 0 saturated carbocycles. The van der Waals surface area contributed by atoms with Gasteiger partial charge in [0.05, 0.1) is 11.4 Å². The van der Waals surface area contributed by atoms with Gasteiger partial charge >= 0.3 is 0 Å². The maximum Gasteiger partial charge on any atom is 0.251 e. The third kappa shape index (κ3) is 2.53. The van der Waals surface area contributed by atoms with Crippen molar-refractivity contribution in [2.75, 3.05) is 5.73 Å². The minimum atomic E-state index is -0.165. The van der Waals surface area contributed by atoms with Gasteiger partial charge in [0.2, 0.25) is 5.89 Å². The summed E-state index contributed by atoms with van der Waals surface area (Å²) in [6.07, 6.45) is 0. The smallest absolute Gasteiger partial charge is 0.251 e. The molecule has 3 rings (SSSR count). The Bertz CT molecular complexity index is 825. The first kappa shape index (κ1) is 12.7. The number of nitrogens with zero attached hydrogens (tertiary/aromatic N) is 2. The van der Waals surface area contributed by atoms with E-state index in [0.29, 0.717) is 39.3 Å². The SMILES string of the molecule is Cc1cc(=O)[nH]c(SCc2nc3c(N)cccc3o2)n1.